The highest BCUT2D eigenvalue weighted by Crippen LogP contribution is 2.24. The topological polar surface area (TPSA) is 65.3 Å². The van der Waals surface area contributed by atoms with Gasteiger partial charge in [-0.3, -0.25) is 10.1 Å². The summed E-state index contributed by atoms with van der Waals surface area (Å²) in [4.78, 5) is 14.4. The molecule has 0 saturated carbocycles. The smallest absolute Gasteiger partial charge is 0.276 e. The Morgan fingerprint density at radius 3 is 3.00 bits per heavy atom. The van der Waals surface area contributed by atoms with E-state index in [0.717, 1.165) is 5.01 Å². The van der Waals surface area contributed by atoms with E-state index in [4.69, 9.17) is 4.74 Å². The zero-order valence-electron chi connectivity index (χ0n) is 9.12. The molecule has 88 valence electrons. The molecular formula is C11H10N2O3S. The maximum absolute atomic E-state index is 10.7. The number of hydrogen-bond acceptors (Lipinski definition) is 5. The number of ether oxygens (including phenoxy) is 1. The fourth-order valence-electron chi connectivity index (χ4n) is 1.35. The molecule has 0 N–H and O–H groups in total. The van der Waals surface area contributed by atoms with E-state index in [1.54, 1.807) is 25.3 Å². The molecule has 1 aromatic carbocycles. The summed E-state index contributed by atoms with van der Waals surface area (Å²) in [6, 6.07) is 4.83. The lowest BCUT2D eigenvalue weighted by Crippen LogP contribution is -1.97. The summed E-state index contributed by atoms with van der Waals surface area (Å²) in [7, 11) is 0. The van der Waals surface area contributed by atoms with Crippen LogP contribution < -0.4 is 4.74 Å². The van der Waals surface area contributed by atoms with Crippen LogP contribution in [0.3, 0.4) is 0 Å². The Bertz CT molecular complexity index is 526. The lowest BCUT2D eigenvalue weighted by Gasteiger charge is -2.04. The molecule has 0 unspecified atom stereocenters. The number of thiazole rings is 1. The first-order chi connectivity index (χ1) is 8.16. The van der Waals surface area contributed by atoms with Crippen LogP contribution in [0.1, 0.15) is 10.6 Å². The molecule has 1 heterocycles. The number of aryl methyl sites for hydroxylation is 1. The summed E-state index contributed by atoms with van der Waals surface area (Å²) in [5, 5.41) is 13.4. The van der Waals surface area contributed by atoms with Gasteiger partial charge in [0.1, 0.15) is 17.4 Å². The second kappa shape index (κ2) is 4.92. The summed E-state index contributed by atoms with van der Waals surface area (Å²) in [6.45, 7) is 2.03. The molecule has 0 aliphatic rings. The van der Waals surface area contributed by atoms with Crippen molar-refractivity contribution in [3.05, 3.63) is 50.5 Å². The van der Waals surface area contributed by atoms with E-state index >= 15 is 0 Å². The minimum absolute atomic E-state index is 0.0710. The third-order valence-electron chi connectivity index (χ3n) is 2.22. The zero-order chi connectivity index (χ0) is 12.3. The number of aromatic nitrogens is 1. The van der Waals surface area contributed by atoms with Gasteiger partial charge in [0.25, 0.3) is 5.69 Å². The molecule has 0 bridgehead atoms. The maximum Gasteiger partial charge on any atom is 0.276 e. The Balaban J connectivity index is 2.11. The first-order valence-corrected chi connectivity index (χ1v) is 5.81. The van der Waals surface area contributed by atoms with Crippen LogP contribution in [0.2, 0.25) is 0 Å². The molecule has 0 aliphatic heterocycles. The van der Waals surface area contributed by atoms with Crippen molar-refractivity contribution in [2.45, 2.75) is 13.5 Å². The maximum atomic E-state index is 10.7. The van der Waals surface area contributed by atoms with E-state index in [-0.39, 0.29) is 5.69 Å². The predicted molar refractivity (Wildman–Crippen MR) is 64.3 cm³/mol. The van der Waals surface area contributed by atoms with Crippen LogP contribution in [0.4, 0.5) is 5.69 Å². The standard InChI is InChI=1S/C11H10N2O3S/c1-8-2-3-9(6-10(8)13(14)15)16-7-11-12-4-5-17-11/h2-6H,7H2,1H3. The molecule has 0 atom stereocenters. The summed E-state index contributed by atoms with van der Waals surface area (Å²) < 4.78 is 5.44. The molecule has 0 aliphatic carbocycles. The van der Waals surface area contributed by atoms with E-state index < -0.39 is 4.92 Å². The molecule has 0 spiro atoms. The van der Waals surface area contributed by atoms with Crippen LogP contribution in [0, 0.1) is 17.0 Å². The van der Waals surface area contributed by atoms with Crippen molar-refractivity contribution in [3.63, 3.8) is 0 Å². The Labute approximate surface area is 102 Å². The van der Waals surface area contributed by atoms with E-state index in [1.165, 1.54) is 17.4 Å². The Kier molecular flexibility index (Phi) is 3.34. The third-order valence-corrected chi connectivity index (χ3v) is 2.98. The van der Waals surface area contributed by atoms with Crippen molar-refractivity contribution in [1.82, 2.24) is 4.98 Å². The minimum Gasteiger partial charge on any atom is -0.486 e. The van der Waals surface area contributed by atoms with Gasteiger partial charge in [0, 0.05) is 17.1 Å². The number of rotatable bonds is 4. The van der Waals surface area contributed by atoms with Gasteiger partial charge in [-0.25, -0.2) is 4.98 Å². The van der Waals surface area contributed by atoms with E-state index in [1.807, 2.05) is 5.38 Å². The fourth-order valence-corrected chi connectivity index (χ4v) is 1.87. The number of nitro benzene ring substituents is 1. The fraction of sp³-hybridized carbons (Fsp3) is 0.182. The molecule has 1 aromatic heterocycles. The quantitative estimate of drug-likeness (QED) is 0.618. The van der Waals surface area contributed by atoms with E-state index in [9.17, 15) is 10.1 Å². The van der Waals surface area contributed by atoms with E-state index in [0.29, 0.717) is 17.9 Å². The monoisotopic (exact) mass is 250 g/mol. The molecule has 2 aromatic rings. The van der Waals surface area contributed by atoms with Crippen molar-refractivity contribution in [2.24, 2.45) is 0 Å². The van der Waals surface area contributed by atoms with Crippen LogP contribution in [0.25, 0.3) is 0 Å². The molecule has 0 fully saturated rings. The largest absolute Gasteiger partial charge is 0.486 e. The van der Waals surface area contributed by atoms with Gasteiger partial charge < -0.3 is 4.74 Å². The molecule has 17 heavy (non-hydrogen) atoms. The predicted octanol–water partition coefficient (Wildman–Crippen LogP) is 2.94. The summed E-state index contributed by atoms with van der Waals surface area (Å²) in [6.07, 6.45) is 1.70. The van der Waals surface area contributed by atoms with Crippen molar-refractivity contribution in [2.75, 3.05) is 0 Å². The van der Waals surface area contributed by atoms with Gasteiger partial charge in [0.15, 0.2) is 0 Å². The second-order valence-electron chi connectivity index (χ2n) is 3.42. The van der Waals surface area contributed by atoms with Crippen LogP contribution in [0.5, 0.6) is 5.75 Å². The molecule has 6 heteroatoms. The summed E-state index contributed by atoms with van der Waals surface area (Å²) in [5.41, 5.74) is 0.693. The number of nitrogens with zero attached hydrogens (tertiary/aromatic N) is 2. The van der Waals surface area contributed by atoms with Crippen molar-refractivity contribution in [3.8, 4) is 5.75 Å². The Hall–Kier alpha value is -1.95. The summed E-state index contributed by atoms with van der Waals surface area (Å²) in [5.74, 6) is 0.484. The zero-order valence-corrected chi connectivity index (χ0v) is 9.94. The molecule has 0 radical (unpaired) electrons. The van der Waals surface area contributed by atoms with E-state index in [2.05, 4.69) is 4.98 Å². The lowest BCUT2D eigenvalue weighted by molar-refractivity contribution is -0.385. The van der Waals surface area contributed by atoms with Crippen LogP contribution in [0.15, 0.2) is 29.8 Å². The lowest BCUT2D eigenvalue weighted by atomic mass is 10.2. The molecule has 0 saturated heterocycles. The SMILES string of the molecule is Cc1ccc(OCc2nccs2)cc1[N+](=O)[O-]. The average Bonchev–Trinajstić information content (AvgIpc) is 2.80. The normalized spacial score (nSPS) is 10.2. The van der Waals surface area contributed by atoms with Gasteiger partial charge in [-0.2, -0.15) is 0 Å². The number of nitro groups is 1. The van der Waals surface area contributed by atoms with Crippen LogP contribution in [-0.4, -0.2) is 9.91 Å². The first-order valence-electron chi connectivity index (χ1n) is 4.93. The van der Waals surface area contributed by atoms with Gasteiger partial charge in [0.05, 0.1) is 11.0 Å². The highest BCUT2D eigenvalue weighted by Gasteiger charge is 2.11. The van der Waals surface area contributed by atoms with Gasteiger partial charge in [-0.1, -0.05) is 0 Å². The van der Waals surface area contributed by atoms with Crippen molar-refractivity contribution < 1.29 is 9.66 Å². The highest BCUT2D eigenvalue weighted by atomic mass is 32.1. The van der Waals surface area contributed by atoms with Gasteiger partial charge in [-0.05, 0) is 19.1 Å². The van der Waals surface area contributed by atoms with Gasteiger partial charge in [0.2, 0.25) is 0 Å². The van der Waals surface area contributed by atoms with Crippen molar-refractivity contribution in [1.29, 1.82) is 0 Å². The highest BCUT2D eigenvalue weighted by molar-refractivity contribution is 7.09. The van der Waals surface area contributed by atoms with Crippen LogP contribution in [-0.2, 0) is 6.61 Å². The van der Waals surface area contributed by atoms with Crippen molar-refractivity contribution >= 4 is 17.0 Å². The first kappa shape index (κ1) is 11.5. The van der Waals surface area contributed by atoms with Gasteiger partial charge in [-0.15, -0.1) is 11.3 Å². The summed E-state index contributed by atoms with van der Waals surface area (Å²) >= 11 is 1.49. The molecular weight excluding hydrogens is 240 g/mol. The Morgan fingerprint density at radius 1 is 1.53 bits per heavy atom. The molecule has 2 rings (SSSR count). The Morgan fingerprint density at radius 2 is 2.35 bits per heavy atom. The third kappa shape index (κ3) is 2.79. The second-order valence-corrected chi connectivity index (χ2v) is 4.40. The van der Waals surface area contributed by atoms with Gasteiger partial charge >= 0.3 is 0 Å². The molecule has 5 nitrogen and oxygen atoms in total. The molecule has 0 amide bonds. The van der Waals surface area contributed by atoms with Crippen LogP contribution >= 0.6 is 11.3 Å². The number of benzene rings is 1. The average molecular weight is 250 g/mol. The number of hydrogen-bond donors (Lipinski definition) is 0. The minimum atomic E-state index is -0.411.